The van der Waals surface area contributed by atoms with E-state index in [1.165, 1.54) is 0 Å². The van der Waals surface area contributed by atoms with Crippen molar-refractivity contribution in [2.45, 2.75) is 32.7 Å². The summed E-state index contributed by atoms with van der Waals surface area (Å²) in [6, 6.07) is 5.48. The highest BCUT2D eigenvalue weighted by atomic mass is 16.2. The first-order valence-corrected chi connectivity index (χ1v) is 6.44. The molecule has 1 aromatic carbocycles. The number of carbonyl (C=O) groups excluding carboxylic acids is 2. The van der Waals surface area contributed by atoms with Crippen LogP contribution < -0.4 is 16.0 Å². The number of nitrogens with zero attached hydrogens (tertiary/aromatic N) is 1. The highest BCUT2D eigenvalue weighted by Crippen LogP contribution is 2.30. The number of carbonyl (C=O) groups is 2. The van der Waals surface area contributed by atoms with Crippen molar-refractivity contribution in [3.63, 3.8) is 0 Å². The summed E-state index contributed by atoms with van der Waals surface area (Å²) in [7, 11) is 0. The van der Waals surface area contributed by atoms with Crippen molar-refractivity contribution in [2.75, 3.05) is 16.8 Å². The molecule has 0 aliphatic carbocycles. The predicted octanol–water partition coefficient (Wildman–Crippen LogP) is 1.27. The van der Waals surface area contributed by atoms with E-state index in [1.807, 2.05) is 18.2 Å². The molecule has 0 radical (unpaired) electrons. The summed E-state index contributed by atoms with van der Waals surface area (Å²) in [6.45, 7) is 4.07. The van der Waals surface area contributed by atoms with Gasteiger partial charge in [0.15, 0.2) is 0 Å². The van der Waals surface area contributed by atoms with Gasteiger partial charge >= 0.3 is 0 Å². The van der Waals surface area contributed by atoms with Gasteiger partial charge in [0, 0.05) is 37.3 Å². The van der Waals surface area contributed by atoms with Crippen molar-refractivity contribution in [3.8, 4) is 0 Å². The molecule has 0 saturated heterocycles. The van der Waals surface area contributed by atoms with Crippen LogP contribution in [-0.4, -0.2) is 24.4 Å². The topological polar surface area (TPSA) is 75.4 Å². The lowest BCUT2D eigenvalue weighted by molar-refractivity contribution is -0.117. The Morgan fingerprint density at radius 3 is 2.84 bits per heavy atom. The highest BCUT2D eigenvalue weighted by Gasteiger charge is 2.22. The Morgan fingerprint density at radius 1 is 1.47 bits per heavy atom. The molecule has 1 atom stereocenters. The SMILES string of the molecule is CC(=O)N1CCc2cc(NC(=O)CC(C)N)ccc21. The third-order valence-corrected chi connectivity index (χ3v) is 3.15. The number of fused-ring (bicyclic) bond motifs is 1. The van der Waals surface area contributed by atoms with Crippen LogP contribution in [0.1, 0.15) is 25.8 Å². The molecule has 3 N–H and O–H groups in total. The minimum atomic E-state index is -0.150. The fourth-order valence-corrected chi connectivity index (χ4v) is 2.31. The summed E-state index contributed by atoms with van der Waals surface area (Å²) in [5.74, 6) is -0.0381. The first-order valence-electron chi connectivity index (χ1n) is 6.44. The van der Waals surface area contributed by atoms with Crippen LogP contribution in [0.2, 0.25) is 0 Å². The molecule has 1 aromatic rings. The second-order valence-electron chi connectivity index (χ2n) is 4.99. The fourth-order valence-electron chi connectivity index (χ4n) is 2.31. The minimum Gasteiger partial charge on any atom is -0.327 e. The third-order valence-electron chi connectivity index (χ3n) is 3.15. The average molecular weight is 261 g/mol. The molecule has 1 aliphatic rings. The van der Waals surface area contributed by atoms with Gasteiger partial charge in [-0.2, -0.15) is 0 Å². The van der Waals surface area contributed by atoms with Crippen LogP contribution in [0, 0.1) is 0 Å². The van der Waals surface area contributed by atoms with Gasteiger partial charge in [-0.05, 0) is 37.1 Å². The van der Waals surface area contributed by atoms with E-state index < -0.39 is 0 Å². The molecular formula is C14H19N3O2. The molecule has 0 saturated carbocycles. The number of rotatable bonds is 3. The van der Waals surface area contributed by atoms with Gasteiger partial charge in [-0.1, -0.05) is 0 Å². The number of amides is 2. The van der Waals surface area contributed by atoms with Crippen LogP contribution in [0.5, 0.6) is 0 Å². The number of hydrogen-bond acceptors (Lipinski definition) is 3. The van der Waals surface area contributed by atoms with Crippen molar-refractivity contribution in [3.05, 3.63) is 23.8 Å². The van der Waals surface area contributed by atoms with Crippen LogP contribution in [0.4, 0.5) is 11.4 Å². The maximum Gasteiger partial charge on any atom is 0.225 e. The van der Waals surface area contributed by atoms with Gasteiger partial charge in [-0.15, -0.1) is 0 Å². The van der Waals surface area contributed by atoms with Gasteiger partial charge in [-0.25, -0.2) is 0 Å². The molecule has 0 fully saturated rings. The summed E-state index contributed by atoms with van der Waals surface area (Å²) in [6.07, 6.45) is 1.13. The summed E-state index contributed by atoms with van der Waals surface area (Å²) < 4.78 is 0. The van der Waals surface area contributed by atoms with Crippen molar-refractivity contribution in [1.82, 2.24) is 0 Å². The molecule has 2 rings (SSSR count). The molecule has 1 heterocycles. The Balaban J connectivity index is 2.11. The van der Waals surface area contributed by atoms with Gasteiger partial charge in [0.25, 0.3) is 0 Å². The van der Waals surface area contributed by atoms with Crippen molar-refractivity contribution in [2.24, 2.45) is 5.73 Å². The summed E-state index contributed by atoms with van der Waals surface area (Å²) in [5, 5.41) is 2.82. The standard InChI is InChI=1S/C14H19N3O2/c1-9(15)7-14(19)16-12-3-4-13-11(8-12)5-6-17(13)10(2)18/h3-4,8-9H,5-7,15H2,1-2H3,(H,16,19). The van der Waals surface area contributed by atoms with E-state index in [2.05, 4.69) is 5.32 Å². The zero-order valence-electron chi connectivity index (χ0n) is 11.3. The quantitative estimate of drug-likeness (QED) is 0.860. The number of benzene rings is 1. The van der Waals surface area contributed by atoms with Gasteiger partial charge in [-0.3, -0.25) is 9.59 Å². The van der Waals surface area contributed by atoms with E-state index in [9.17, 15) is 9.59 Å². The van der Waals surface area contributed by atoms with Crippen LogP contribution >= 0.6 is 0 Å². The van der Waals surface area contributed by atoms with E-state index in [0.717, 1.165) is 23.4 Å². The Hall–Kier alpha value is -1.88. The lowest BCUT2D eigenvalue weighted by Gasteiger charge is -2.15. The molecule has 5 heteroatoms. The second-order valence-corrected chi connectivity index (χ2v) is 4.99. The minimum absolute atomic E-state index is 0.0486. The first kappa shape index (κ1) is 13.5. The molecule has 2 amide bonds. The van der Waals surface area contributed by atoms with Gasteiger partial charge in [0.2, 0.25) is 11.8 Å². The Kier molecular flexibility index (Phi) is 3.85. The van der Waals surface area contributed by atoms with Crippen molar-refractivity contribution >= 4 is 23.2 Å². The first-order chi connectivity index (χ1) is 8.97. The predicted molar refractivity (Wildman–Crippen MR) is 75.1 cm³/mol. The molecule has 0 aromatic heterocycles. The van der Waals surface area contributed by atoms with Crippen LogP contribution in [0.3, 0.4) is 0 Å². The normalized spacial score (nSPS) is 15.0. The molecule has 0 bridgehead atoms. The number of hydrogen-bond donors (Lipinski definition) is 2. The van der Waals surface area contributed by atoms with Gasteiger partial charge in [0.1, 0.15) is 0 Å². The van der Waals surface area contributed by atoms with E-state index >= 15 is 0 Å². The maximum absolute atomic E-state index is 11.6. The largest absolute Gasteiger partial charge is 0.327 e. The van der Waals surface area contributed by atoms with E-state index in [-0.39, 0.29) is 17.9 Å². The monoisotopic (exact) mass is 261 g/mol. The van der Waals surface area contributed by atoms with Crippen molar-refractivity contribution in [1.29, 1.82) is 0 Å². The molecule has 1 aliphatic heterocycles. The maximum atomic E-state index is 11.6. The average Bonchev–Trinajstić information content (AvgIpc) is 2.70. The molecule has 1 unspecified atom stereocenters. The lowest BCUT2D eigenvalue weighted by Crippen LogP contribution is -2.25. The van der Waals surface area contributed by atoms with Gasteiger partial charge < -0.3 is 16.0 Å². The van der Waals surface area contributed by atoms with Crippen LogP contribution in [0.25, 0.3) is 0 Å². The van der Waals surface area contributed by atoms with Crippen LogP contribution in [-0.2, 0) is 16.0 Å². The van der Waals surface area contributed by atoms with Crippen LogP contribution in [0.15, 0.2) is 18.2 Å². The molecule has 102 valence electrons. The summed E-state index contributed by atoms with van der Waals surface area (Å²) in [5.41, 5.74) is 8.38. The fraction of sp³-hybridized carbons (Fsp3) is 0.429. The number of nitrogens with two attached hydrogens (primary N) is 1. The van der Waals surface area contributed by atoms with E-state index in [4.69, 9.17) is 5.73 Å². The molecule has 0 spiro atoms. The highest BCUT2D eigenvalue weighted by molar-refractivity contribution is 5.95. The Morgan fingerprint density at radius 2 is 2.21 bits per heavy atom. The molecular weight excluding hydrogens is 242 g/mol. The van der Waals surface area contributed by atoms with Crippen molar-refractivity contribution < 1.29 is 9.59 Å². The molecule has 5 nitrogen and oxygen atoms in total. The summed E-state index contributed by atoms with van der Waals surface area (Å²) >= 11 is 0. The number of nitrogens with one attached hydrogen (secondary N) is 1. The molecule has 19 heavy (non-hydrogen) atoms. The third kappa shape index (κ3) is 3.12. The smallest absolute Gasteiger partial charge is 0.225 e. The van der Waals surface area contributed by atoms with E-state index in [0.29, 0.717) is 13.0 Å². The Bertz CT molecular complexity index is 511. The van der Waals surface area contributed by atoms with Gasteiger partial charge in [0.05, 0.1) is 0 Å². The zero-order chi connectivity index (χ0) is 14.0. The van der Waals surface area contributed by atoms with E-state index in [1.54, 1.807) is 18.7 Å². The number of anilines is 2. The lowest BCUT2D eigenvalue weighted by atomic mass is 10.1. The second kappa shape index (κ2) is 5.40. The Labute approximate surface area is 112 Å². The summed E-state index contributed by atoms with van der Waals surface area (Å²) in [4.78, 5) is 24.8. The zero-order valence-corrected chi connectivity index (χ0v) is 11.3.